The zero-order chi connectivity index (χ0) is 20.4. The van der Waals surface area contributed by atoms with E-state index in [1.807, 2.05) is 13.8 Å². The van der Waals surface area contributed by atoms with Crippen LogP contribution in [0, 0.1) is 20.8 Å². The summed E-state index contributed by atoms with van der Waals surface area (Å²) in [4.78, 5) is 8.66. The van der Waals surface area contributed by atoms with Gasteiger partial charge >= 0.3 is 0 Å². The molecule has 0 unspecified atom stereocenters. The van der Waals surface area contributed by atoms with E-state index in [1.165, 1.54) is 24.8 Å². The van der Waals surface area contributed by atoms with E-state index in [0.717, 1.165) is 35.8 Å². The Morgan fingerprint density at radius 3 is 2.52 bits per heavy atom. The van der Waals surface area contributed by atoms with Gasteiger partial charge in [0.15, 0.2) is 5.96 Å². The normalized spacial score (nSPS) is 11.1. The summed E-state index contributed by atoms with van der Waals surface area (Å²) < 4.78 is 11.7. The number of guanidine groups is 1. The van der Waals surface area contributed by atoms with Gasteiger partial charge in [-0.25, -0.2) is 4.98 Å². The van der Waals surface area contributed by atoms with Crippen LogP contribution in [0.1, 0.15) is 61.1 Å². The van der Waals surface area contributed by atoms with Gasteiger partial charge in [-0.3, -0.25) is 4.99 Å². The zero-order valence-corrected chi connectivity index (χ0v) is 20.6. The van der Waals surface area contributed by atoms with E-state index in [0.29, 0.717) is 24.9 Å². The number of aryl methyl sites for hydroxylation is 3. The average Bonchev–Trinajstić information content (AvgIpc) is 3.00. The third kappa shape index (κ3) is 8.64. The fraction of sp³-hybridized carbons (Fsp3) is 0.545. The average molecular weight is 514 g/mol. The number of hydrogen-bond acceptors (Lipinski definition) is 4. The van der Waals surface area contributed by atoms with Crippen molar-refractivity contribution in [3.05, 3.63) is 46.7 Å². The number of nitrogens with one attached hydrogen (secondary N) is 2. The van der Waals surface area contributed by atoms with Crippen molar-refractivity contribution in [2.45, 2.75) is 66.5 Å². The molecule has 0 atom stereocenters. The standard InChI is InChI=1S/C22H34N4O2.HI/c1-6-7-8-9-12-27-20-13-16(2)10-11-19(20)14-24-22(23-5)25-15-21-26-17(3)18(4)28-21;/h10-11,13H,6-9,12,14-15H2,1-5H3,(H2,23,24,25);1H. The first-order chi connectivity index (χ1) is 13.5. The molecule has 0 fully saturated rings. The van der Waals surface area contributed by atoms with E-state index in [-0.39, 0.29) is 24.0 Å². The fourth-order valence-electron chi connectivity index (χ4n) is 2.83. The first-order valence-electron chi connectivity index (χ1n) is 10.1. The molecule has 29 heavy (non-hydrogen) atoms. The largest absolute Gasteiger partial charge is 0.493 e. The van der Waals surface area contributed by atoms with E-state index in [4.69, 9.17) is 9.15 Å². The molecule has 0 saturated heterocycles. The second kappa shape index (κ2) is 13.5. The molecule has 1 heterocycles. The fourth-order valence-corrected chi connectivity index (χ4v) is 2.83. The van der Waals surface area contributed by atoms with Gasteiger partial charge in [0, 0.05) is 19.2 Å². The molecule has 162 valence electrons. The Balaban J connectivity index is 0.00000420. The summed E-state index contributed by atoms with van der Waals surface area (Å²) in [5, 5.41) is 6.57. The Morgan fingerprint density at radius 1 is 1.10 bits per heavy atom. The number of hydrogen-bond donors (Lipinski definition) is 2. The number of nitrogens with zero attached hydrogens (tertiary/aromatic N) is 2. The van der Waals surface area contributed by atoms with Crippen molar-refractivity contribution in [3.8, 4) is 5.75 Å². The Hall–Kier alpha value is -1.77. The summed E-state index contributed by atoms with van der Waals surface area (Å²) in [7, 11) is 1.75. The van der Waals surface area contributed by atoms with Gasteiger partial charge in [0.05, 0.1) is 18.8 Å². The van der Waals surface area contributed by atoms with Crippen molar-refractivity contribution in [2.75, 3.05) is 13.7 Å². The number of oxazole rings is 1. The summed E-state index contributed by atoms with van der Waals surface area (Å²) >= 11 is 0. The molecule has 0 aliphatic heterocycles. The van der Waals surface area contributed by atoms with Crippen LogP contribution in [-0.2, 0) is 13.1 Å². The second-order valence-corrected chi connectivity index (χ2v) is 7.05. The van der Waals surface area contributed by atoms with E-state index in [2.05, 4.69) is 52.7 Å². The van der Waals surface area contributed by atoms with E-state index in [9.17, 15) is 0 Å². The van der Waals surface area contributed by atoms with Crippen LogP contribution in [0.2, 0.25) is 0 Å². The van der Waals surface area contributed by atoms with Crippen LogP contribution in [0.25, 0.3) is 0 Å². The second-order valence-electron chi connectivity index (χ2n) is 7.05. The maximum absolute atomic E-state index is 6.05. The Kier molecular flexibility index (Phi) is 11.7. The summed E-state index contributed by atoms with van der Waals surface area (Å²) in [6.07, 6.45) is 4.80. The van der Waals surface area contributed by atoms with Gasteiger partial charge in [-0.15, -0.1) is 24.0 Å². The molecule has 0 aliphatic carbocycles. The molecule has 0 radical (unpaired) electrons. The molecule has 2 aromatic rings. The molecule has 2 rings (SSSR count). The lowest BCUT2D eigenvalue weighted by Crippen LogP contribution is -2.36. The predicted octanol–water partition coefficient (Wildman–Crippen LogP) is 5.04. The van der Waals surface area contributed by atoms with Crippen molar-refractivity contribution in [2.24, 2.45) is 4.99 Å². The lowest BCUT2D eigenvalue weighted by atomic mass is 10.1. The predicted molar refractivity (Wildman–Crippen MR) is 129 cm³/mol. The minimum Gasteiger partial charge on any atom is -0.493 e. The Labute approximate surface area is 191 Å². The maximum Gasteiger partial charge on any atom is 0.214 e. The van der Waals surface area contributed by atoms with Gasteiger partial charge in [0.2, 0.25) is 5.89 Å². The van der Waals surface area contributed by atoms with Crippen LogP contribution in [0.5, 0.6) is 5.75 Å². The van der Waals surface area contributed by atoms with Crippen molar-refractivity contribution in [1.82, 2.24) is 15.6 Å². The molecule has 0 aliphatic rings. The van der Waals surface area contributed by atoms with E-state index in [1.54, 1.807) is 7.05 Å². The minimum absolute atomic E-state index is 0. The van der Waals surface area contributed by atoms with Crippen LogP contribution in [0.15, 0.2) is 27.6 Å². The van der Waals surface area contributed by atoms with Crippen LogP contribution < -0.4 is 15.4 Å². The highest BCUT2D eigenvalue weighted by atomic mass is 127. The lowest BCUT2D eigenvalue weighted by Gasteiger charge is -2.15. The topological polar surface area (TPSA) is 71.7 Å². The molecule has 2 N–H and O–H groups in total. The van der Waals surface area contributed by atoms with Gasteiger partial charge in [-0.2, -0.15) is 0 Å². The molecule has 0 bridgehead atoms. The molecular weight excluding hydrogens is 479 g/mol. The highest BCUT2D eigenvalue weighted by Gasteiger charge is 2.08. The number of benzene rings is 1. The summed E-state index contributed by atoms with van der Waals surface area (Å²) in [6, 6.07) is 6.32. The summed E-state index contributed by atoms with van der Waals surface area (Å²) in [6.45, 7) is 10.0. The molecule has 7 heteroatoms. The quantitative estimate of drug-likeness (QED) is 0.201. The minimum atomic E-state index is 0. The maximum atomic E-state index is 6.05. The smallest absolute Gasteiger partial charge is 0.214 e. The number of aromatic nitrogens is 1. The van der Waals surface area contributed by atoms with Crippen molar-refractivity contribution in [1.29, 1.82) is 0 Å². The van der Waals surface area contributed by atoms with Crippen LogP contribution in [0.4, 0.5) is 0 Å². The van der Waals surface area contributed by atoms with Gasteiger partial charge in [-0.05, 0) is 38.8 Å². The third-order valence-electron chi connectivity index (χ3n) is 4.63. The van der Waals surface area contributed by atoms with Gasteiger partial charge in [0.1, 0.15) is 11.5 Å². The lowest BCUT2D eigenvalue weighted by molar-refractivity contribution is 0.301. The molecule has 1 aromatic carbocycles. The molecule has 0 amide bonds. The first-order valence-corrected chi connectivity index (χ1v) is 10.1. The van der Waals surface area contributed by atoms with Gasteiger partial charge in [0.25, 0.3) is 0 Å². The van der Waals surface area contributed by atoms with Crippen LogP contribution in [-0.4, -0.2) is 24.6 Å². The number of rotatable bonds is 10. The number of aliphatic imine (C=N–C) groups is 1. The number of halogens is 1. The highest BCUT2D eigenvalue weighted by molar-refractivity contribution is 14.0. The molecular formula is C22H35IN4O2. The van der Waals surface area contributed by atoms with E-state index >= 15 is 0 Å². The summed E-state index contributed by atoms with van der Waals surface area (Å²) in [5.74, 6) is 3.14. The van der Waals surface area contributed by atoms with Crippen molar-refractivity contribution >= 4 is 29.9 Å². The highest BCUT2D eigenvalue weighted by Crippen LogP contribution is 2.21. The molecule has 0 saturated carbocycles. The van der Waals surface area contributed by atoms with Gasteiger partial charge < -0.3 is 19.8 Å². The van der Waals surface area contributed by atoms with Crippen molar-refractivity contribution in [3.63, 3.8) is 0 Å². The van der Waals surface area contributed by atoms with Crippen LogP contribution >= 0.6 is 24.0 Å². The monoisotopic (exact) mass is 514 g/mol. The number of ether oxygens (including phenoxy) is 1. The number of unbranched alkanes of at least 4 members (excludes halogenated alkanes) is 3. The van der Waals surface area contributed by atoms with Crippen molar-refractivity contribution < 1.29 is 9.15 Å². The van der Waals surface area contributed by atoms with E-state index < -0.39 is 0 Å². The Bertz CT molecular complexity index is 755. The molecule has 0 spiro atoms. The SMILES string of the molecule is CCCCCCOc1cc(C)ccc1CNC(=NC)NCc1nc(C)c(C)o1.I. The first kappa shape index (κ1) is 25.3. The third-order valence-corrected chi connectivity index (χ3v) is 4.63. The Morgan fingerprint density at radius 2 is 1.86 bits per heavy atom. The molecule has 1 aromatic heterocycles. The van der Waals surface area contributed by atoms with Gasteiger partial charge in [-0.1, -0.05) is 38.3 Å². The zero-order valence-electron chi connectivity index (χ0n) is 18.3. The molecule has 6 nitrogen and oxygen atoms in total. The van der Waals surface area contributed by atoms with Crippen LogP contribution in [0.3, 0.4) is 0 Å². The summed E-state index contributed by atoms with van der Waals surface area (Å²) in [5.41, 5.74) is 3.23.